The van der Waals surface area contributed by atoms with Gasteiger partial charge in [-0.3, -0.25) is 4.79 Å². The first-order chi connectivity index (χ1) is 9.29. The highest BCUT2D eigenvalue weighted by Gasteiger charge is 2.16. The van der Waals surface area contributed by atoms with Gasteiger partial charge in [0.2, 0.25) is 5.91 Å². The molecule has 0 saturated carbocycles. The smallest absolute Gasteiger partial charge is 0.226 e. The highest BCUT2D eigenvalue weighted by atomic mass is 16.5. The molecule has 100 valence electrons. The summed E-state index contributed by atoms with van der Waals surface area (Å²) in [5.41, 5.74) is 1.00. The Hall–Kier alpha value is -1.90. The fourth-order valence-corrected chi connectivity index (χ4v) is 1.86. The fourth-order valence-electron chi connectivity index (χ4n) is 1.86. The molecule has 0 aliphatic carbocycles. The molecule has 1 saturated heterocycles. The summed E-state index contributed by atoms with van der Waals surface area (Å²) < 4.78 is 10.7. The van der Waals surface area contributed by atoms with Crippen molar-refractivity contribution < 1.29 is 14.3 Å². The molecular formula is C14H16N2O3. The maximum atomic E-state index is 11.7. The van der Waals surface area contributed by atoms with Crippen molar-refractivity contribution in [2.45, 2.75) is 18.9 Å². The molecule has 1 aromatic carbocycles. The zero-order chi connectivity index (χ0) is 13.5. The lowest BCUT2D eigenvalue weighted by molar-refractivity contribution is -0.117. The van der Waals surface area contributed by atoms with Gasteiger partial charge in [-0.15, -0.1) is 0 Å². The second kappa shape index (κ2) is 6.88. The van der Waals surface area contributed by atoms with Gasteiger partial charge in [0, 0.05) is 6.61 Å². The van der Waals surface area contributed by atoms with E-state index in [9.17, 15) is 4.79 Å². The fraction of sp³-hybridized carbons (Fsp3) is 0.429. The number of rotatable bonds is 5. The topological polar surface area (TPSA) is 71.4 Å². The Labute approximate surface area is 112 Å². The summed E-state index contributed by atoms with van der Waals surface area (Å²) in [6.07, 6.45) is 1.27. The van der Waals surface area contributed by atoms with Crippen molar-refractivity contribution in [1.82, 2.24) is 0 Å². The van der Waals surface area contributed by atoms with Gasteiger partial charge in [-0.25, -0.2) is 0 Å². The number of hydrogen-bond donors (Lipinski definition) is 1. The van der Waals surface area contributed by atoms with E-state index in [1.807, 2.05) is 6.07 Å². The van der Waals surface area contributed by atoms with E-state index in [1.165, 1.54) is 0 Å². The first kappa shape index (κ1) is 13.5. The number of nitrogens with one attached hydrogen (secondary N) is 1. The monoisotopic (exact) mass is 260 g/mol. The average Bonchev–Trinajstić information content (AvgIpc) is 2.92. The van der Waals surface area contributed by atoms with Gasteiger partial charge in [0.15, 0.2) is 0 Å². The molecule has 1 amide bonds. The van der Waals surface area contributed by atoms with Crippen molar-refractivity contribution in [3.8, 4) is 6.07 Å². The molecule has 0 aromatic heterocycles. The molecule has 0 spiro atoms. The summed E-state index contributed by atoms with van der Waals surface area (Å²) in [5, 5.41) is 11.6. The molecule has 1 aliphatic heterocycles. The number of anilines is 1. The van der Waals surface area contributed by atoms with E-state index in [-0.39, 0.29) is 18.4 Å². The lowest BCUT2D eigenvalue weighted by Gasteiger charge is -2.10. The van der Waals surface area contributed by atoms with Crippen LogP contribution in [0, 0.1) is 11.3 Å². The SMILES string of the molecule is N#Cc1ccccc1NC(=O)CCOC1CCOC1. The maximum Gasteiger partial charge on any atom is 0.226 e. The number of para-hydroxylation sites is 1. The molecule has 1 unspecified atom stereocenters. The van der Waals surface area contributed by atoms with E-state index < -0.39 is 0 Å². The van der Waals surface area contributed by atoms with E-state index in [2.05, 4.69) is 5.32 Å². The summed E-state index contributed by atoms with van der Waals surface area (Å²) in [4.78, 5) is 11.7. The van der Waals surface area contributed by atoms with Crippen LogP contribution in [0.25, 0.3) is 0 Å². The molecule has 1 atom stereocenters. The number of ether oxygens (including phenoxy) is 2. The number of nitriles is 1. The van der Waals surface area contributed by atoms with Crippen LogP contribution < -0.4 is 5.32 Å². The molecule has 0 bridgehead atoms. The van der Waals surface area contributed by atoms with Crippen LogP contribution in [0.3, 0.4) is 0 Å². The molecule has 19 heavy (non-hydrogen) atoms. The Morgan fingerprint density at radius 2 is 2.37 bits per heavy atom. The minimum atomic E-state index is -0.151. The second-order valence-corrected chi connectivity index (χ2v) is 4.31. The van der Waals surface area contributed by atoms with Crippen molar-refractivity contribution in [3.63, 3.8) is 0 Å². The third-order valence-corrected chi connectivity index (χ3v) is 2.89. The molecule has 2 rings (SSSR count). The van der Waals surface area contributed by atoms with Crippen molar-refractivity contribution >= 4 is 11.6 Å². The number of carbonyl (C=O) groups is 1. The molecule has 0 radical (unpaired) electrons. The van der Waals surface area contributed by atoms with Gasteiger partial charge in [0.05, 0.1) is 37.0 Å². The Balaban J connectivity index is 1.76. The van der Waals surface area contributed by atoms with Crippen molar-refractivity contribution in [3.05, 3.63) is 29.8 Å². The standard InChI is InChI=1S/C14H16N2O3/c15-9-11-3-1-2-4-13(11)16-14(17)6-8-19-12-5-7-18-10-12/h1-4,12H,5-8,10H2,(H,16,17). The number of amides is 1. The van der Waals surface area contributed by atoms with Gasteiger partial charge in [-0.1, -0.05) is 12.1 Å². The number of nitrogens with zero attached hydrogens (tertiary/aromatic N) is 1. The van der Waals surface area contributed by atoms with E-state index in [0.29, 0.717) is 24.5 Å². The normalized spacial score (nSPS) is 17.9. The lowest BCUT2D eigenvalue weighted by atomic mass is 10.2. The van der Waals surface area contributed by atoms with Gasteiger partial charge in [0.25, 0.3) is 0 Å². The molecule has 1 heterocycles. The first-order valence-electron chi connectivity index (χ1n) is 6.28. The molecule has 1 N–H and O–H groups in total. The number of benzene rings is 1. The Morgan fingerprint density at radius 1 is 1.53 bits per heavy atom. The third kappa shape index (κ3) is 4.05. The summed E-state index contributed by atoms with van der Waals surface area (Å²) >= 11 is 0. The highest BCUT2D eigenvalue weighted by Crippen LogP contribution is 2.14. The van der Waals surface area contributed by atoms with Crippen molar-refractivity contribution in [2.24, 2.45) is 0 Å². The quantitative estimate of drug-likeness (QED) is 0.874. The largest absolute Gasteiger partial charge is 0.379 e. The summed E-state index contributed by atoms with van der Waals surface area (Å²) in [5.74, 6) is -0.151. The lowest BCUT2D eigenvalue weighted by Crippen LogP contribution is -2.19. The van der Waals surface area contributed by atoms with Crippen LogP contribution >= 0.6 is 0 Å². The first-order valence-corrected chi connectivity index (χ1v) is 6.28. The second-order valence-electron chi connectivity index (χ2n) is 4.31. The highest BCUT2D eigenvalue weighted by molar-refractivity contribution is 5.92. The number of carbonyl (C=O) groups excluding carboxylic acids is 1. The molecule has 5 heteroatoms. The van der Waals surface area contributed by atoms with Gasteiger partial charge >= 0.3 is 0 Å². The van der Waals surface area contributed by atoms with E-state index in [1.54, 1.807) is 24.3 Å². The van der Waals surface area contributed by atoms with Crippen molar-refractivity contribution in [2.75, 3.05) is 25.1 Å². The average molecular weight is 260 g/mol. The zero-order valence-electron chi connectivity index (χ0n) is 10.6. The van der Waals surface area contributed by atoms with E-state index in [4.69, 9.17) is 14.7 Å². The number of hydrogen-bond acceptors (Lipinski definition) is 4. The summed E-state index contributed by atoms with van der Waals surface area (Å²) in [7, 11) is 0. The van der Waals surface area contributed by atoms with Crippen LogP contribution in [0.5, 0.6) is 0 Å². The van der Waals surface area contributed by atoms with Crippen LogP contribution in [-0.2, 0) is 14.3 Å². The van der Waals surface area contributed by atoms with Crippen LogP contribution in [0.2, 0.25) is 0 Å². The predicted molar refractivity (Wildman–Crippen MR) is 69.6 cm³/mol. The maximum absolute atomic E-state index is 11.7. The Bertz CT molecular complexity index is 476. The molecule has 1 aliphatic rings. The summed E-state index contributed by atoms with van der Waals surface area (Å²) in [6.45, 7) is 1.71. The van der Waals surface area contributed by atoms with Crippen LogP contribution in [-0.4, -0.2) is 31.8 Å². The van der Waals surface area contributed by atoms with Gasteiger partial charge in [0.1, 0.15) is 6.07 Å². The van der Waals surface area contributed by atoms with Gasteiger partial charge < -0.3 is 14.8 Å². The van der Waals surface area contributed by atoms with Crippen LogP contribution in [0.4, 0.5) is 5.69 Å². The molecular weight excluding hydrogens is 244 g/mol. The minimum Gasteiger partial charge on any atom is -0.379 e. The zero-order valence-corrected chi connectivity index (χ0v) is 10.6. The summed E-state index contributed by atoms with van der Waals surface area (Å²) in [6, 6.07) is 8.96. The molecule has 1 fully saturated rings. The Kier molecular flexibility index (Phi) is 4.90. The van der Waals surface area contributed by atoms with Gasteiger partial charge in [-0.2, -0.15) is 5.26 Å². The van der Waals surface area contributed by atoms with Crippen LogP contribution in [0.1, 0.15) is 18.4 Å². The van der Waals surface area contributed by atoms with Gasteiger partial charge in [-0.05, 0) is 18.6 Å². The molecule has 5 nitrogen and oxygen atoms in total. The minimum absolute atomic E-state index is 0.110. The predicted octanol–water partition coefficient (Wildman–Crippen LogP) is 1.69. The van der Waals surface area contributed by atoms with E-state index in [0.717, 1.165) is 13.0 Å². The third-order valence-electron chi connectivity index (χ3n) is 2.89. The Morgan fingerprint density at radius 3 is 3.11 bits per heavy atom. The van der Waals surface area contributed by atoms with Crippen molar-refractivity contribution in [1.29, 1.82) is 5.26 Å². The molecule has 1 aromatic rings. The van der Waals surface area contributed by atoms with E-state index >= 15 is 0 Å². The van der Waals surface area contributed by atoms with Crippen LogP contribution in [0.15, 0.2) is 24.3 Å².